The standard InChI is InChI=1S/C11H7ClN2.C11H8N2O/c1-7-8-4-2-3-5-10(8)14-11(12)9(7)6-13;1-7-8-4-2-3-5-10(8)13-11(14)9(7)6-12/h2-5H,1H3;2-5H,1H3,(H,13,14). The van der Waals surface area contributed by atoms with Crippen LogP contribution in [0, 0.1) is 36.5 Å². The molecule has 0 aliphatic rings. The molecule has 0 saturated heterocycles. The second-order valence-corrected chi connectivity index (χ2v) is 6.50. The molecule has 0 radical (unpaired) electrons. The summed E-state index contributed by atoms with van der Waals surface area (Å²) in [5.41, 5.74) is 3.58. The van der Waals surface area contributed by atoms with Gasteiger partial charge in [0.05, 0.1) is 11.1 Å². The Hall–Kier alpha value is -3.67. The zero-order valence-corrected chi connectivity index (χ0v) is 16.0. The van der Waals surface area contributed by atoms with Gasteiger partial charge in [-0.3, -0.25) is 4.79 Å². The third-order valence-electron chi connectivity index (χ3n) is 4.51. The minimum absolute atomic E-state index is 0.198. The first-order chi connectivity index (χ1) is 13.5. The van der Waals surface area contributed by atoms with E-state index in [9.17, 15) is 4.79 Å². The molecule has 0 aliphatic heterocycles. The highest BCUT2D eigenvalue weighted by molar-refractivity contribution is 6.31. The van der Waals surface area contributed by atoms with Gasteiger partial charge in [0.25, 0.3) is 5.56 Å². The number of aryl methyl sites for hydroxylation is 2. The Bertz CT molecular complexity index is 1340. The molecule has 0 spiro atoms. The summed E-state index contributed by atoms with van der Waals surface area (Å²) in [6.45, 7) is 3.67. The maximum atomic E-state index is 11.4. The Morgan fingerprint density at radius 2 is 1.46 bits per heavy atom. The first-order valence-corrected chi connectivity index (χ1v) is 8.82. The van der Waals surface area contributed by atoms with Crippen LogP contribution >= 0.6 is 11.6 Å². The van der Waals surface area contributed by atoms with Crippen LogP contribution in [0.4, 0.5) is 0 Å². The van der Waals surface area contributed by atoms with Crippen molar-refractivity contribution in [2.75, 3.05) is 0 Å². The lowest BCUT2D eigenvalue weighted by Crippen LogP contribution is -2.11. The van der Waals surface area contributed by atoms with E-state index >= 15 is 0 Å². The summed E-state index contributed by atoms with van der Waals surface area (Å²) in [4.78, 5) is 18.2. The van der Waals surface area contributed by atoms with Crippen LogP contribution in [0.25, 0.3) is 21.8 Å². The van der Waals surface area contributed by atoms with Gasteiger partial charge in [-0.05, 0) is 37.1 Å². The average molecular weight is 387 g/mol. The topological polar surface area (TPSA) is 93.3 Å². The number of hydrogen-bond acceptors (Lipinski definition) is 4. The number of nitrogens with one attached hydrogen (secondary N) is 1. The van der Waals surface area contributed by atoms with E-state index in [0.717, 1.165) is 32.9 Å². The van der Waals surface area contributed by atoms with Crippen LogP contribution < -0.4 is 5.56 Å². The van der Waals surface area contributed by atoms with Crippen molar-refractivity contribution in [1.82, 2.24) is 9.97 Å². The number of aromatic nitrogens is 2. The van der Waals surface area contributed by atoms with Gasteiger partial charge in [-0.1, -0.05) is 48.0 Å². The molecule has 0 bridgehead atoms. The quantitative estimate of drug-likeness (QED) is 0.440. The molecule has 5 nitrogen and oxygen atoms in total. The lowest BCUT2D eigenvalue weighted by molar-refractivity contribution is 1.24. The van der Waals surface area contributed by atoms with Crippen LogP contribution in [-0.2, 0) is 0 Å². The third kappa shape index (κ3) is 3.44. The lowest BCUT2D eigenvalue weighted by atomic mass is 10.1. The molecule has 2 aromatic carbocycles. The summed E-state index contributed by atoms with van der Waals surface area (Å²) in [6, 6.07) is 19.1. The minimum atomic E-state index is -0.316. The van der Waals surface area contributed by atoms with Crippen molar-refractivity contribution in [3.8, 4) is 12.1 Å². The fourth-order valence-corrected chi connectivity index (χ4v) is 3.29. The van der Waals surface area contributed by atoms with Gasteiger partial charge < -0.3 is 4.98 Å². The Morgan fingerprint density at radius 3 is 2.14 bits per heavy atom. The Morgan fingerprint density at radius 1 is 0.893 bits per heavy atom. The van der Waals surface area contributed by atoms with Crippen molar-refractivity contribution in [2.45, 2.75) is 13.8 Å². The molecule has 136 valence electrons. The predicted octanol–water partition coefficient (Wildman–Crippen LogP) is 4.78. The fraction of sp³-hybridized carbons (Fsp3) is 0.0909. The fourth-order valence-electron chi connectivity index (χ4n) is 3.01. The van der Waals surface area contributed by atoms with Gasteiger partial charge in [0, 0.05) is 16.3 Å². The summed E-state index contributed by atoms with van der Waals surface area (Å²) >= 11 is 5.88. The van der Waals surface area contributed by atoms with E-state index in [-0.39, 0.29) is 16.3 Å². The van der Waals surface area contributed by atoms with Gasteiger partial charge in [0.1, 0.15) is 22.9 Å². The molecule has 0 aliphatic carbocycles. The Balaban J connectivity index is 0.000000161. The summed E-state index contributed by atoms with van der Waals surface area (Å²) in [5, 5.41) is 19.9. The van der Waals surface area contributed by atoms with Crippen LogP contribution in [0.2, 0.25) is 5.15 Å². The number of fused-ring (bicyclic) bond motifs is 2. The van der Waals surface area contributed by atoms with Crippen molar-refractivity contribution < 1.29 is 0 Å². The highest BCUT2D eigenvalue weighted by Crippen LogP contribution is 2.24. The van der Waals surface area contributed by atoms with Crippen LogP contribution in [0.15, 0.2) is 53.3 Å². The average Bonchev–Trinajstić information content (AvgIpc) is 2.69. The third-order valence-corrected chi connectivity index (χ3v) is 4.79. The molecular weight excluding hydrogens is 372 g/mol. The number of nitrogens with zero attached hydrogens (tertiary/aromatic N) is 3. The molecule has 0 saturated carbocycles. The normalized spacial score (nSPS) is 10.0. The van der Waals surface area contributed by atoms with E-state index in [4.69, 9.17) is 22.1 Å². The van der Waals surface area contributed by atoms with Crippen LogP contribution in [0.3, 0.4) is 0 Å². The molecular formula is C22H15ClN4O. The molecule has 0 fully saturated rings. The number of benzene rings is 2. The number of nitriles is 2. The number of pyridine rings is 2. The molecule has 2 heterocycles. The van der Waals surface area contributed by atoms with Crippen molar-refractivity contribution in [3.05, 3.63) is 86.3 Å². The first-order valence-electron chi connectivity index (χ1n) is 8.44. The van der Waals surface area contributed by atoms with Gasteiger partial charge in [0.15, 0.2) is 0 Å². The van der Waals surface area contributed by atoms with E-state index in [1.54, 1.807) is 6.92 Å². The number of hydrogen-bond donors (Lipinski definition) is 1. The van der Waals surface area contributed by atoms with Gasteiger partial charge in [0.2, 0.25) is 0 Å². The monoisotopic (exact) mass is 386 g/mol. The molecule has 2 aromatic heterocycles. The molecule has 4 aromatic rings. The van der Waals surface area contributed by atoms with E-state index in [1.807, 2.05) is 61.5 Å². The minimum Gasteiger partial charge on any atom is -0.321 e. The van der Waals surface area contributed by atoms with Crippen LogP contribution in [0.1, 0.15) is 22.3 Å². The molecule has 0 unspecified atom stereocenters. The molecule has 28 heavy (non-hydrogen) atoms. The number of H-pyrrole nitrogens is 1. The number of halogens is 1. The second kappa shape index (κ2) is 7.92. The van der Waals surface area contributed by atoms with Crippen LogP contribution in [-0.4, -0.2) is 9.97 Å². The zero-order chi connectivity index (χ0) is 20.3. The van der Waals surface area contributed by atoms with Crippen molar-refractivity contribution in [2.24, 2.45) is 0 Å². The molecule has 6 heteroatoms. The number of aromatic amines is 1. The van der Waals surface area contributed by atoms with Gasteiger partial charge in [-0.25, -0.2) is 4.98 Å². The smallest absolute Gasteiger partial charge is 0.266 e. The molecule has 1 N–H and O–H groups in total. The van der Waals surface area contributed by atoms with Crippen LogP contribution in [0.5, 0.6) is 0 Å². The van der Waals surface area contributed by atoms with Crippen molar-refractivity contribution in [3.63, 3.8) is 0 Å². The molecule has 0 amide bonds. The largest absolute Gasteiger partial charge is 0.321 e. The zero-order valence-electron chi connectivity index (χ0n) is 15.2. The molecule has 0 atom stereocenters. The summed E-state index contributed by atoms with van der Waals surface area (Å²) in [7, 11) is 0. The maximum absolute atomic E-state index is 11.4. The number of para-hydroxylation sites is 2. The van der Waals surface area contributed by atoms with Crippen molar-refractivity contribution in [1.29, 1.82) is 10.5 Å². The van der Waals surface area contributed by atoms with E-state index in [0.29, 0.717) is 5.56 Å². The Kier molecular flexibility index (Phi) is 5.40. The lowest BCUT2D eigenvalue weighted by Gasteiger charge is -2.04. The summed E-state index contributed by atoms with van der Waals surface area (Å²) < 4.78 is 0. The first kappa shape index (κ1) is 19.1. The van der Waals surface area contributed by atoms with Crippen molar-refractivity contribution >= 4 is 33.4 Å². The molecule has 4 rings (SSSR count). The predicted molar refractivity (Wildman–Crippen MR) is 110 cm³/mol. The van der Waals surface area contributed by atoms with E-state index < -0.39 is 0 Å². The van der Waals surface area contributed by atoms with Gasteiger partial charge >= 0.3 is 0 Å². The highest BCUT2D eigenvalue weighted by Gasteiger charge is 2.09. The van der Waals surface area contributed by atoms with Gasteiger partial charge in [-0.2, -0.15) is 10.5 Å². The number of rotatable bonds is 0. The SMILES string of the molecule is Cc1c(C#N)c(=O)[nH]c2ccccc12.Cc1c(C#N)c(Cl)nc2ccccc12. The second-order valence-electron chi connectivity index (χ2n) is 6.14. The van der Waals surface area contributed by atoms with Gasteiger partial charge in [-0.15, -0.1) is 0 Å². The van der Waals surface area contributed by atoms with E-state index in [2.05, 4.69) is 16.0 Å². The summed E-state index contributed by atoms with van der Waals surface area (Å²) in [6.07, 6.45) is 0. The maximum Gasteiger partial charge on any atom is 0.266 e. The highest BCUT2D eigenvalue weighted by atomic mass is 35.5. The van der Waals surface area contributed by atoms with E-state index in [1.165, 1.54) is 0 Å². The Labute approximate surface area is 166 Å². The summed E-state index contributed by atoms with van der Waals surface area (Å²) in [5.74, 6) is 0.